The fraction of sp³-hybridized carbons (Fsp3) is 0. The first-order valence-corrected chi connectivity index (χ1v) is 6.36. The molecule has 0 aliphatic rings. The highest BCUT2D eigenvalue weighted by Crippen LogP contribution is 2.25. The first kappa shape index (κ1) is 12.7. The second-order valence-electron chi connectivity index (χ2n) is 4.32. The number of anilines is 1. The summed E-state index contributed by atoms with van der Waals surface area (Å²) in [6, 6.07) is 13.5. The molecular weight excluding hydrogens is 279 g/mol. The van der Waals surface area contributed by atoms with Crippen LogP contribution >= 0.6 is 11.6 Å². The molecule has 0 aliphatic carbocycles. The number of benzene rings is 2. The third kappa shape index (κ3) is 2.26. The number of fused-ring (bicyclic) bond motifs is 1. The van der Waals surface area contributed by atoms with Gasteiger partial charge in [0.15, 0.2) is 0 Å². The molecule has 0 saturated carbocycles. The summed E-state index contributed by atoms with van der Waals surface area (Å²) in [4.78, 5) is 15.1. The van der Waals surface area contributed by atoms with Crippen molar-refractivity contribution in [2.45, 2.75) is 0 Å². The van der Waals surface area contributed by atoms with Crippen LogP contribution in [-0.2, 0) is 0 Å². The number of aromatic nitrogens is 1. The quantitative estimate of drug-likeness (QED) is 0.729. The van der Waals surface area contributed by atoms with Crippen molar-refractivity contribution in [3.63, 3.8) is 0 Å². The molecule has 1 amide bonds. The van der Waals surface area contributed by atoms with Gasteiger partial charge in [-0.2, -0.15) is 0 Å². The average molecular weight is 289 g/mol. The number of H-pyrrole nitrogens is 1. The van der Waals surface area contributed by atoms with E-state index in [9.17, 15) is 9.18 Å². The van der Waals surface area contributed by atoms with Crippen LogP contribution in [0.3, 0.4) is 0 Å². The van der Waals surface area contributed by atoms with Gasteiger partial charge in [0.1, 0.15) is 11.5 Å². The zero-order valence-corrected chi connectivity index (χ0v) is 11.0. The van der Waals surface area contributed by atoms with Crippen LogP contribution in [0, 0.1) is 5.82 Å². The number of carbonyl (C=O) groups excluding carboxylic acids is 1. The summed E-state index contributed by atoms with van der Waals surface area (Å²) in [6.07, 6.45) is 0. The molecule has 3 aromatic rings. The smallest absolute Gasteiger partial charge is 0.272 e. The van der Waals surface area contributed by atoms with E-state index in [0.717, 1.165) is 10.9 Å². The molecule has 0 fully saturated rings. The Morgan fingerprint density at radius 3 is 2.70 bits per heavy atom. The minimum Gasteiger partial charge on any atom is -0.351 e. The summed E-state index contributed by atoms with van der Waals surface area (Å²) in [6.45, 7) is 0. The first-order valence-electron chi connectivity index (χ1n) is 5.98. The molecule has 0 atom stereocenters. The van der Waals surface area contributed by atoms with Crippen molar-refractivity contribution in [1.82, 2.24) is 4.98 Å². The van der Waals surface area contributed by atoms with Crippen LogP contribution in [0.1, 0.15) is 10.5 Å². The zero-order valence-electron chi connectivity index (χ0n) is 10.3. The van der Waals surface area contributed by atoms with Gasteiger partial charge in [-0.3, -0.25) is 4.79 Å². The minimum atomic E-state index is -0.568. The van der Waals surface area contributed by atoms with E-state index in [0.29, 0.717) is 5.69 Å². The number of hydrogen-bond acceptors (Lipinski definition) is 1. The van der Waals surface area contributed by atoms with E-state index in [1.165, 1.54) is 18.2 Å². The second-order valence-corrected chi connectivity index (χ2v) is 4.73. The molecule has 0 saturated heterocycles. The Labute approximate surface area is 119 Å². The number of amides is 1. The molecule has 0 radical (unpaired) electrons. The number of hydrogen-bond donors (Lipinski definition) is 2. The van der Waals surface area contributed by atoms with Crippen molar-refractivity contribution < 1.29 is 9.18 Å². The monoisotopic (exact) mass is 288 g/mol. The van der Waals surface area contributed by atoms with E-state index < -0.39 is 11.7 Å². The van der Waals surface area contributed by atoms with Gasteiger partial charge in [0, 0.05) is 10.9 Å². The van der Waals surface area contributed by atoms with Crippen LogP contribution in [0.2, 0.25) is 5.02 Å². The number of halogens is 2. The third-order valence-electron chi connectivity index (χ3n) is 2.98. The second kappa shape index (κ2) is 4.98. The fourth-order valence-electron chi connectivity index (χ4n) is 1.99. The van der Waals surface area contributed by atoms with Gasteiger partial charge in [-0.1, -0.05) is 35.9 Å². The highest BCUT2D eigenvalue weighted by molar-refractivity contribution is 6.34. The van der Waals surface area contributed by atoms with Crippen LogP contribution in [0.15, 0.2) is 48.5 Å². The van der Waals surface area contributed by atoms with Crippen molar-refractivity contribution in [3.8, 4) is 0 Å². The van der Waals surface area contributed by atoms with Crippen molar-refractivity contribution in [3.05, 3.63) is 65.1 Å². The highest BCUT2D eigenvalue weighted by atomic mass is 35.5. The Morgan fingerprint density at radius 1 is 1.15 bits per heavy atom. The predicted octanol–water partition coefficient (Wildman–Crippen LogP) is 4.21. The number of nitrogens with one attached hydrogen (secondary N) is 2. The Bertz CT molecular complexity index is 744. The Balaban J connectivity index is 1.93. The fourth-order valence-corrected chi connectivity index (χ4v) is 2.20. The van der Waals surface area contributed by atoms with Crippen molar-refractivity contribution in [1.29, 1.82) is 0 Å². The predicted molar refractivity (Wildman–Crippen MR) is 77.7 cm³/mol. The van der Waals surface area contributed by atoms with E-state index >= 15 is 0 Å². The molecule has 1 aromatic heterocycles. The normalized spacial score (nSPS) is 10.7. The van der Waals surface area contributed by atoms with Gasteiger partial charge in [0.25, 0.3) is 5.91 Å². The van der Waals surface area contributed by atoms with Crippen LogP contribution < -0.4 is 5.32 Å². The van der Waals surface area contributed by atoms with E-state index in [2.05, 4.69) is 10.3 Å². The van der Waals surface area contributed by atoms with Crippen LogP contribution in [0.5, 0.6) is 0 Å². The molecule has 2 aromatic carbocycles. The van der Waals surface area contributed by atoms with Gasteiger partial charge < -0.3 is 10.3 Å². The van der Waals surface area contributed by atoms with Crippen molar-refractivity contribution >= 4 is 34.1 Å². The standard InChI is InChI=1S/C15H10ClFN2O/c16-10-5-3-6-11(17)14(10)19-15(20)13-8-9-4-1-2-7-12(9)18-13/h1-8,18H,(H,19,20). The molecule has 20 heavy (non-hydrogen) atoms. The lowest BCUT2D eigenvalue weighted by Gasteiger charge is -2.06. The topological polar surface area (TPSA) is 44.9 Å². The molecule has 3 nitrogen and oxygen atoms in total. The lowest BCUT2D eigenvalue weighted by atomic mass is 10.2. The number of rotatable bonds is 2. The summed E-state index contributed by atoms with van der Waals surface area (Å²) >= 11 is 5.87. The summed E-state index contributed by atoms with van der Waals surface area (Å²) < 4.78 is 13.6. The van der Waals surface area contributed by atoms with Gasteiger partial charge in [-0.25, -0.2) is 4.39 Å². The molecule has 5 heteroatoms. The van der Waals surface area contributed by atoms with Gasteiger partial charge >= 0.3 is 0 Å². The molecule has 0 aliphatic heterocycles. The van der Waals surface area contributed by atoms with E-state index in [4.69, 9.17) is 11.6 Å². The van der Waals surface area contributed by atoms with Crippen LogP contribution in [0.25, 0.3) is 10.9 Å². The molecular formula is C15H10ClFN2O. The van der Waals surface area contributed by atoms with Crippen molar-refractivity contribution in [2.75, 3.05) is 5.32 Å². The number of para-hydroxylation sites is 2. The van der Waals surface area contributed by atoms with Gasteiger partial charge in [-0.15, -0.1) is 0 Å². The first-order chi connectivity index (χ1) is 9.65. The van der Waals surface area contributed by atoms with Gasteiger partial charge in [0.2, 0.25) is 0 Å². The molecule has 0 bridgehead atoms. The summed E-state index contributed by atoms with van der Waals surface area (Å²) in [7, 11) is 0. The summed E-state index contributed by atoms with van der Waals surface area (Å²) in [5.74, 6) is -1.00. The van der Waals surface area contributed by atoms with Crippen LogP contribution in [0.4, 0.5) is 10.1 Å². The Morgan fingerprint density at radius 2 is 1.95 bits per heavy atom. The highest BCUT2D eigenvalue weighted by Gasteiger charge is 2.14. The largest absolute Gasteiger partial charge is 0.351 e. The lowest BCUT2D eigenvalue weighted by molar-refractivity contribution is 0.102. The third-order valence-corrected chi connectivity index (χ3v) is 3.29. The van der Waals surface area contributed by atoms with E-state index in [-0.39, 0.29) is 10.7 Å². The van der Waals surface area contributed by atoms with Gasteiger partial charge in [0.05, 0.1) is 10.7 Å². The SMILES string of the molecule is O=C(Nc1c(F)cccc1Cl)c1cc2ccccc2[nH]1. The molecule has 100 valence electrons. The molecule has 2 N–H and O–H groups in total. The maximum absolute atomic E-state index is 13.6. The average Bonchev–Trinajstić information content (AvgIpc) is 2.87. The summed E-state index contributed by atoms with van der Waals surface area (Å²) in [5.41, 5.74) is 1.18. The maximum Gasteiger partial charge on any atom is 0.272 e. The van der Waals surface area contributed by atoms with Crippen LogP contribution in [-0.4, -0.2) is 10.9 Å². The zero-order chi connectivity index (χ0) is 14.1. The Kier molecular flexibility index (Phi) is 3.16. The summed E-state index contributed by atoms with van der Waals surface area (Å²) in [5, 5.41) is 3.55. The minimum absolute atomic E-state index is 0.0159. The molecule has 0 unspecified atom stereocenters. The molecule has 1 heterocycles. The van der Waals surface area contributed by atoms with E-state index in [1.54, 1.807) is 6.07 Å². The molecule has 3 rings (SSSR count). The Hall–Kier alpha value is -2.33. The molecule has 0 spiro atoms. The van der Waals surface area contributed by atoms with Gasteiger partial charge in [-0.05, 0) is 24.3 Å². The number of aromatic amines is 1. The maximum atomic E-state index is 13.6. The number of carbonyl (C=O) groups is 1. The van der Waals surface area contributed by atoms with Crippen molar-refractivity contribution in [2.24, 2.45) is 0 Å². The van der Waals surface area contributed by atoms with E-state index in [1.807, 2.05) is 24.3 Å². The lowest BCUT2D eigenvalue weighted by Crippen LogP contribution is -2.13.